The molecule has 1 heterocycles. The highest BCUT2D eigenvalue weighted by atomic mass is 16.1. The number of hydrogen-bond acceptors (Lipinski definition) is 4. The van der Waals surface area contributed by atoms with E-state index < -0.39 is 0 Å². The second kappa shape index (κ2) is 7.30. The first-order valence-electron chi connectivity index (χ1n) is 8.69. The molecule has 0 aliphatic rings. The van der Waals surface area contributed by atoms with Gasteiger partial charge in [0.1, 0.15) is 0 Å². The molecule has 0 atom stereocenters. The molecule has 4 nitrogen and oxygen atoms in total. The van der Waals surface area contributed by atoms with E-state index in [9.17, 15) is 4.79 Å². The average molecular weight is 351 g/mol. The summed E-state index contributed by atoms with van der Waals surface area (Å²) in [5, 5.41) is 0. The summed E-state index contributed by atoms with van der Waals surface area (Å²) in [6.45, 7) is 1.55. The molecule has 27 heavy (non-hydrogen) atoms. The average Bonchev–Trinajstić information content (AvgIpc) is 2.75. The van der Waals surface area contributed by atoms with Crippen molar-refractivity contribution < 1.29 is 4.79 Å². The second-order valence-electron chi connectivity index (χ2n) is 6.17. The number of hydrogen-bond donors (Lipinski definition) is 0. The monoisotopic (exact) mass is 351 g/mol. The maximum absolute atomic E-state index is 11.5. The summed E-state index contributed by atoms with van der Waals surface area (Å²) in [6.07, 6.45) is 0. The SMILES string of the molecule is CC(=O)c1ccc(-c2nc(-c3ccccc3)nc(-c3ccccc3)n2)cc1. The van der Waals surface area contributed by atoms with Crippen molar-refractivity contribution in [2.24, 2.45) is 0 Å². The number of benzene rings is 3. The standard InChI is InChI=1S/C23H17N3O/c1-16(27)17-12-14-20(15-13-17)23-25-21(18-8-4-2-5-9-18)24-22(26-23)19-10-6-3-7-11-19/h2-15H,1H3. The van der Waals surface area contributed by atoms with Crippen LogP contribution in [0.15, 0.2) is 84.9 Å². The molecule has 0 spiro atoms. The molecule has 0 aliphatic heterocycles. The third-order valence-electron chi connectivity index (χ3n) is 4.25. The molecular formula is C23H17N3O. The highest BCUT2D eigenvalue weighted by Gasteiger charge is 2.12. The summed E-state index contributed by atoms with van der Waals surface area (Å²) in [4.78, 5) is 25.5. The molecule has 0 unspecified atom stereocenters. The molecule has 0 saturated carbocycles. The Labute approximate surface area is 157 Å². The van der Waals surface area contributed by atoms with Crippen LogP contribution in [0.3, 0.4) is 0 Å². The van der Waals surface area contributed by atoms with E-state index in [1.54, 1.807) is 19.1 Å². The predicted molar refractivity (Wildman–Crippen MR) is 106 cm³/mol. The molecule has 0 N–H and O–H groups in total. The van der Waals surface area contributed by atoms with E-state index in [4.69, 9.17) is 0 Å². The molecule has 4 rings (SSSR count). The van der Waals surface area contributed by atoms with Crippen LogP contribution in [0.4, 0.5) is 0 Å². The largest absolute Gasteiger partial charge is 0.295 e. The normalized spacial score (nSPS) is 10.6. The van der Waals surface area contributed by atoms with E-state index in [0.717, 1.165) is 16.7 Å². The van der Waals surface area contributed by atoms with E-state index >= 15 is 0 Å². The molecule has 4 heteroatoms. The molecule has 0 saturated heterocycles. The number of carbonyl (C=O) groups is 1. The Morgan fingerprint density at radius 3 is 1.30 bits per heavy atom. The van der Waals surface area contributed by atoms with Gasteiger partial charge in [-0.3, -0.25) is 4.79 Å². The van der Waals surface area contributed by atoms with E-state index in [2.05, 4.69) is 15.0 Å². The van der Waals surface area contributed by atoms with Gasteiger partial charge in [0.05, 0.1) is 0 Å². The third-order valence-corrected chi connectivity index (χ3v) is 4.25. The van der Waals surface area contributed by atoms with Crippen LogP contribution in [-0.4, -0.2) is 20.7 Å². The predicted octanol–water partition coefficient (Wildman–Crippen LogP) is 5.08. The lowest BCUT2D eigenvalue weighted by Gasteiger charge is -2.08. The van der Waals surface area contributed by atoms with Crippen molar-refractivity contribution in [2.75, 3.05) is 0 Å². The van der Waals surface area contributed by atoms with Crippen molar-refractivity contribution >= 4 is 5.78 Å². The first kappa shape index (κ1) is 16.8. The molecule has 0 bridgehead atoms. The summed E-state index contributed by atoms with van der Waals surface area (Å²) in [5.74, 6) is 1.86. The fourth-order valence-corrected chi connectivity index (χ4v) is 2.79. The minimum atomic E-state index is 0.0344. The minimum Gasteiger partial charge on any atom is -0.295 e. The van der Waals surface area contributed by atoms with Crippen molar-refractivity contribution in [3.8, 4) is 34.2 Å². The summed E-state index contributed by atoms with van der Waals surface area (Å²) >= 11 is 0. The topological polar surface area (TPSA) is 55.7 Å². The van der Waals surface area contributed by atoms with Gasteiger partial charge in [0.25, 0.3) is 0 Å². The maximum atomic E-state index is 11.5. The maximum Gasteiger partial charge on any atom is 0.164 e. The quantitative estimate of drug-likeness (QED) is 0.481. The fourth-order valence-electron chi connectivity index (χ4n) is 2.79. The summed E-state index contributed by atoms with van der Waals surface area (Å²) in [5.41, 5.74) is 3.37. The van der Waals surface area contributed by atoms with Gasteiger partial charge in [-0.1, -0.05) is 84.9 Å². The van der Waals surface area contributed by atoms with Gasteiger partial charge >= 0.3 is 0 Å². The number of nitrogens with zero attached hydrogens (tertiary/aromatic N) is 3. The Bertz CT molecular complexity index is 1020. The van der Waals surface area contributed by atoms with Crippen LogP contribution in [0, 0.1) is 0 Å². The van der Waals surface area contributed by atoms with Crippen molar-refractivity contribution in [3.05, 3.63) is 90.5 Å². The van der Waals surface area contributed by atoms with Gasteiger partial charge < -0.3 is 0 Å². The molecule has 0 aliphatic carbocycles. The Kier molecular flexibility index (Phi) is 4.54. The van der Waals surface area contributed by atoms with Gasteiger partial charge in [-0.2, -0.15) is 0 Å². The molecule has 3 aromatic carbocycles. The van der Waals surface area contributed by atoms with Gasteiger partial charge in [0.15, 0.2) is 23.3 Å². The van der Waals surface area contributed by atoms with Crippen molar-refractivity contribution in [3.63, 3.8) is 0 Å². The van der Waals surface area contributed by atoms with Crippen LogP contribution in [0.1, 0.15) is 17.3 Å². The van der Waals surface area contributed by atoms with Gasteiger partial charge in [-0.25, -0.2) is 15.0 Å². The van der Waals surface area contributed by atoms with Crippen molar-refractivity contribution in [2.45, 2.75) is 6.92 Å². The van der Waals surface area contributed by atoms with Crippen molar-refractivity contribution in [1.29, 1.82) is 0 Å². The zero-order valence-corrected chi connectivity index (χ0v) is 14.8. The summed E-state index contributed by atoms with van der Waals surface area (Å²) in [6, 6.07) is 27.0. The van der Waals surface area contributed by atoms with Crippen molar-refractivity contribution in [1.82, 2.24) is 15.0 Å². The number of Topliss-reactive ketones (excluding diaryl/α,β-unsaturated/α-hetero) is 1. The smallest absolute Gasteiger partial charge is 0.164 e. The van der Waals surface area contributed by atoms with Gasteiger partial charge in [0.2, 0.25) is 0 Å². The minimum absolute atomic E-state index is 0.0344. The van der Waals surface area contributed by atoms with Gasteiger partial charge in [0, 0.05) is 22.3 Å². The number of ketones is 1. The Morgan fingerprint density at radius 1 is 0.556 bits per heavy atom. The van der Waals surface area contributed by atoms with E-state index in [-0.39, 0.29) is 5.78 Å². The van der Waals surface area contributed by atoms with E-state index in [1.807, 2.05) is 72.8 Å². The van der Waals surface area contributed by atoms with Crippen LogP contribution in [-0.2, 0) is 0 Å². The lowest BCUT2D eigenvalue weighted by Crippen LogP contribution is -2.00. The Morgan fingerprint density at radius 2 is 0.926 bits per heavy atom. The van der Waals surface area contributed by atoms with E-state index in [1.165, 1.54) is 0 Å². The highest BCUT2D eigenvalue weighted by Crippen LogP contribution is 2.24. The van der Waals surface area contributed by atoms with E-state index in [0.29, 0.717) is 23.0 Å². The lowest BCUT2D eigenvalue weighted by molar-refractivity contribution is 0.101. The second-order valence-corrected chi connectivity index (χ2v) is 6.17. The van der Waals surface area contributed by atoms with Crippen LogP contribution in [0.5, 0.6) is 0 Å². The van der Waals surface area contributed by atoms with Crippen LogP contribution in [0.25, 0.3) is 34.2 Å². The Hall–Kier alpha value is -3.66. The lowest BCUT2D eigenvalue weighted by atomic mass is 10.1. The first-order valence-corrected chi connectivity index (χ1v) is 8.69. The molecule has 0 fully saturated rings. The molecule has 0 radical (unpaired) electrons. The molecular weight excluding hydrogens is 334 g/mol. The first-order chi connectivity index (χ1) is 13.2. The number of rotatable bonds is 4. The summed E-state index contributed by atoms with van der Waals surface area (Å²) < 4.78 is 0. The zero-order valence-electron chi connectivity index (χ0n) is 14.8. The van der Waals surface area contributed by atoms with Gasteiger partial charge in [-0.05, 0) is 6.92 Å². The van der Waals surface area contributed by atoms with Gasteiger partial charge in [-0.15, -0.1) is 0 Å². The highest BCUT2D eigenvalue weighted by molar-refractivity contribution is 5.94. The Balaban J connectivity index is 1.86. The molecule has 0 amide bonds. The molecule has 130 valence electrons. The van der Waals surface area contributed by atoms with Crippen LogP contribution < -0.4 is 0 Å². The third kappa shape index (κ3) is 3.65. The summed E-state index contributed by atoms with van der Waals surface area (Å²) in [7, 11) is 0. The van der Waals surface area contributed by atoms with Crippen LogP contribution >= 0.6 is 0 Å². The zero-order chi connectivity index (χ0) is 18.6. The number of aromatic nitrogens is 3. The molecule has 1 aromatic heterocycles. The fraction of sp³-hybridized carbons (Fsp3) is 0.0435. The van der Waals surface area contributed by atoms with Crippen LogP contribution in [0.2, 0.25) is 0 Å². The number of carbonyl (C=O) groups excluding carboxylic acids is 1. The molecule has 4 aromatic rings.